The number of hydrogen-bond acceptors (Lipinski definition) is 7. The molecule has 0 unspecified atom stereocenters. The minimum absolute atomic E-state index is 0.678. The third-order valence-electron chi connectivity index (χ3n) is 4.88. The fourth-order valence-electron chi connectivity index (χ4n) is 3.35. The molecule has 0 saturated heterocycles. The van der Waals surface area contributed by atoms with Gasteiger partial charge < -0.3 is 15.0 Å². The van der Waals surface area contributed by atoms with Gasteiger partial charge >= 0.3 is 0 Å². The first-order valence-electron chi connectivity index (χ1n) is 10.2. The molecule has 32 heavy (non-hydrogen) atoms. The van der Waals surface area contributed by atoms with E-state index in [9.17, 15) is 0 Å². The number of thiazole rings is 1. The number of rotatable bonds is 8. The van der Waals surface area contributed by atoms with Crippen LogP contribution in [0.25, 0.3) is 5.70 Å². The second kappa shape index (κ2) is 9.62. The van der Waals surface area contributed by atoms with Gasteiger partial charge in [0.2, 0.25) is 0 Å². The van der Waals surface area contributed by atoms with Crippen LogP contribution < -0.4 is 15.0 Å². The monoisotopic (exact) mass is 443 g/mol. The summed E-state index contributed by atoms with van der Waals surface area (Å²) in [5, 5.41) is 4.04. The molecule has 6 nitrogen and oxygen atoms in total. The Kier molecular flexibility index (Phi) is 6.47. The van der Waals surface area contributed by atoms with Gasteiger partial charge in [0.05, 0.1) is 17.7 Å². The van der Waals surface area contributed by atoms with Gasteiger partial charge in [-0.05, 0) is 43.7 Å². The van der Waals surface area contributed by atoms with Crippen LogP contribution in [0.3, 0.4) is 0 Å². The lowest BCUT2D eigenvalue weighted by Crippen LogP contribution is -2.19. The van der Waals surface area contributed by atoms with Gasteiger partial charge in [0, 0.05) is 30.2 Å². The lowest BCUT2D eigenvalue weighted by molar-refractivity contribution is 0.414. The number of aryl methyl sites for hydroxylation is 2. The lowest BCUT2D eigenvalue weighted by atomic mass is 10.1. The molecular formula is C25H25N5OS. The highest BCUT2D eigenvalue weighted by Gasteiger charge is 2.16. The second-order valence-corrected chi connectivity index (χ2v) is 8.34. The molecule has 0 radical (unpaired) electrons. The van der Waals surface area contributed by atoms with Crippen molar-refractivity contribution in [3.05, 3.63) is 95.4 Å². The van der Waals surface area contributed by atoms with E-state index in [2.05, 4.69) is 56.0 Å². The Morgan fingerprint density at radius 1 is 1.06 bits per heavy atom. The Bertz CT molecular complexity index is 1180. The zero-order chi connectivity index (χ0) is 22.5. The van der Waals surface area contributed by atoms with E-state index < -0.39 is 0 Å². The van der Waals surface area contributed by atoms with E-state index in [1.807, 2.05) is 56.4 Å². The highest BCUT2D eigenvalue weighted by molar-refractivity contribution is 7.16. The summed E-state index contributed by atoms with van der Waals surface area (Å²) in [5.41, 5.74) is 4.02. The number of anilines is 3. The van der Waals surface area contributed by atoms with E-state index >= 15 is 0 Å². The van der Waals surface area contributed by atoms with Crippen molar-refractivity contribution in [2.75, 3.05) is 17.3 Å². The van der Waals surface area contributed by atoms with Crippen molar-refractivity contribution in [3.63, 3.8) is 0 Å². The molecule has 2 aromatic carbocycles. The first-order valence-corrected chi connectivity index (χ1v) is 11.0. The van der Waals surface area contributed by atoms with Crippen LogP contribution in [0.5, 0.6) is 5.75 Å². The molecule has 0 bridgehead atoms. The van der Waals surface area contributed by atoms with Gasteiger partial charge in [0.25, 0.3) is 0 Å². The summed E-state index contributed by atoms with van der Waals surface area (Å²) < 4.78 is 5.29. The highest BCUT2D eigenvalue weighted by atomic mass is 32.1. The number of hydrogen-bond donors (Lipinski definition) is 1. The predicted octanol–water partition coefficient (Wildman–Crippen LogP) is 5.98. The standard InChI is InChI=1S/C25H25N5OS/c1-17-14-24(28-19(3)27-17)29-25-26-15-23(32-25)18(2)30(21-8-6-5-7-9-21)16-20-10-12-22(31-4)13-11-20/h5-15H,2,16H2,1,3-4H3,(H,26,27,28,29). The summed E-state index contributed by atoms with van der Waals surface area (Å²) in [6.07, 6.45) is 1.85. The van der Waals surface area contributed by atoms with Crippen LogP contribution in [-0.2, 0) is 6.54 Å². The Balaban J connectivity index is 1.58. The van der Waals surface area contributed by atoms with Crippen molar-refractivity contribution in [1.29, 1.82) is 0 Å². The molecule has 162 valence electrons. The maximum Gasteiger partial charge on any atom is 0.188 e. The first kappa shape index (κ1) is 21.5. The normalized spacial score (nSPS) is 10.6. The van der Waals surface area contributed by atoms with E-state index in [-0.39, 0.29) is 0 Å². The number of para-hydroxylation sites is 1. The second-order valence-electron chi connectivity index (χ2n) is 7.31. The molecular weight excluding hydrogens is 418 g/mol. The molecule has 0 aliphatic rings. The largest absolute Gasteiger partial charge is 0.497 e. The summed E-state index contributed by atoms with van der Waals surface area (Å²) in [4.78, 5) is 16.5. The molecule has 2 heterocycles. The third-order valence-corrected chi connectivity index (χ3v) is 5.85. The van der Waals surface area contributed by atoms with E-state index in [1.54, 1.807) is 18.4 Å². The molecule has 4 aromatic rings. The van der Waals surface area contributed by atoms with Gasteiger partial charge in [-0.2, -0.15) is 0 Å². The number of methoxy groups -OCH3 is 1. The number of ether oxygens (including phenoxy) is 1. The topological polar surface area (TPSA) is 63.2 Å². The van der Waals surface area contributed by atoms with Crippen molar-refractivity contribution in [3.8, 4) is 5.75 Å². The average molecular weight is 444 g/mol. The van der Waals surface area contributed by atoms with Gasteiger partial charge in [-0.15, -0.1) is 0 Å². The zero-order valence-electron chi connectivity index (χ0n) is 18.4. The zero-order valence-corrected chi connectivity index (χ0v) is 19.2. The van der Waals surface area contributed by atoms with E-state index in [1.165, 1.54) is 0 Å². The van der Waals surface area contributed by atoms with Crippen LogP contribution in [-0.4, -0.2) is 22.1 Å². The van der Waals surface area contributed by atoms with Crippen LogP contribution in [0.1, 0.15) is 22.0 Å². The maximum absolute atomic E-state index is 5.29. The molecule has 0 fully saturated rings. The molecule has 0 saturated carbocycles. The number of aromatic nitrogens is 3. The van der Waals surface area contributed by atoms with Gasteiger partial charge in [-0.25, -0.2) is 15.0 Å². The van der Waals surface area contributed by atoms with Crippen molar-refractivity contribution < 1.29 is 4.74 Å². The molecule has 7 heteroatoms. The van der Waals surface area contributed by atoms with Crippen LogP contribution in [0.2, 0.25) is 0 Å². The Morgan fingerprint density at radius 2 is 1.81 bits per heavy atom. The minimum Gasteiger partial charge on any atom is -0.497 e. The SMILES string of the molecule is C=C(c1cnc(Nc2cc(C)nc(C)n2)s1)N(Cc1ccc(OC)cc1)c1ccccc1. The molecule has 0 spiro atoms. The summed E-state index contributed by atoms with van der Waals surface area (Å²) in [6, 6.07) is 20.2. The van der Waals surface area contributed by atoms with Crippen molar-refractivity contribution >= 4 is 33.7 Å². The number of benzene rings is 2. The first-order chi connectivity index (χ1) is 15.5. The molecule has 0 aliphatic heterocycles. The molecule has 0 atom stereocenters. The average Bonchev–Trinajstić information content (AvgIpc) is 3.26. The Hall–Kier alpha value is -3.71. The molecule has 4 rings (SSSR count). The van der Waals surface area contributed by atoms with Crippen LogP contribution in [0.4, 0.5) is 16.6 Å². The summed E-state index contributed by atoms with van der Waals surface area (Å²) in [6.45, 7) is 8.91. The van der Waals surface area contributed by atoms with Crippen molar-refractivity contribution in [2.24, 2.45) is 0 Å². The van der Waals surface area contributed by atoms with Crippen LogP contribution in [0.15, 0.2) is 73.4 Å². The highest BCUT2D eigenvalue weighted by Crippen LogP contribution is 2.32. The van der Waals surface area contributed by atoms with E-state index in [4.69, 9.17) is 4.74 Å². The fraction of sp³-hybridized carbons (Fsp3) is 0.160. The Labute approximate surface area is 192 Å². The van der Waals surface area contributed by atoms with Gasteiger partial charge in [0.15, 0.2) is 5.13 Å². The lowest BCUT2D eigenvalue weighted by Gasteiger charge is -2.26. The minimum atomic E-state index is 0.678. The number of nitrogens with one attached hydrogen (secondary N) is 1. The third kappa shape index (κ3) is 5.12. The fourth-order valence-corrected chi connectivity index (χ4v) is 4.16. The van der Waals surface area contributed by atoms with Crippen molar-refractivity contribution in [1.82, 2.24) is 15.0 Å². The van der Waals surface area contributed by atoms with Crippen LogP contribution in [0, 0.1) is 13.8 Å². The number of nitrogens with zero attached hydrogens (tertiary/aromatic N) is 4. The van der Waals surface area contributed by atoms with Gasteiger partial charge in [0.1, 0.15) is 17.4 Å². The molecule has 0 amide bonds. The van der Waals surface area contributed by atoms with Crippen molar-refractivity contribution in [2.45, 2.75) is 20.4 Å². The van der Waals surface area contributed by atoms with Crippen LogP contribution >= 0.6 is 11.3 Å². The summed E-state index contributed by atoms with van der Waals surface area (Å²) >= 11 is 1.54. The maximum atomic E-state index is 5.29. The molecule has 2 aromatic heterocycles. The smallest absolute Gasteiger partial charge is 0.188 e. The van der Waals surface area contributed by atoms with E-state index in [0.717, 1.165) is 50.0 Å². The summed E-state index contributed by atoms with van der Waals surface area (Å²) in [5.74, 6) is 2.30. The molecule has 1 N–H and O–H groups in total. The van der Waals surface area contributed by atoms with Gasteiger partial charge in [-0.1, -0.05) is 48.2 Å². The predicted molar refractivity (Wildman–Crippen MR) is 132 cm³/mol. The quantitative estimate of drug-likeness (QED) is 0.361. The van der Waals surface area contributed by atoms with E-state index in [0.29, 0.717) is 6.54 Å². The van der Waals surface area contributed by atoms with Gasteiger partial charge in [-0.3, -0.25) is 0 Å². The Morgan fingerprint density at radius 3 is 2.50 bits per heavy atom. The summed E-state index contributed by atoms with van der Waals surface area (Å²) in [7, 11) is 1.67. The molecule has 0 aliphatic carbocycles.